The fourth-order valence-electron chi connectivity index (χ4n) is 6.27. The summed E-state index contributed by atoms with van der Waals surface area (Å²) in [4.78, 5) is 29.3. The second kappa shape index (κ2) is 10.5. The molecule has 1 aromatic carbocycles. The van der Waals surface area contributed by atoms with E-state index in [1.54, 1.807) is 4.90 Å². The molecule has 2 aliphatic carbocycles. The Hall–Kier alpha value is -2.28. The van der Waals surface area contributed by atoms with Crippen molar-refractivity contribution in [1.82, 2.24) is 9.80 Å². The van der Waals surface area contributed by atoms with Gasteiger partial charge in [-0.1, -0.05) is 31.5 Å². The van der Waals surface area contributed by atoms with Gasteiger partial charge in [0.2, 0.25) is 0 Å². The fraction of sp³-hybridized carbons (Fsp3) is 0.733. The lowest BCUT2D eigenvalue weighted by Crippen LogP contribution is -2.55. The van der Waals surface area contributed by atoms with E-state index in [1.807, 2.05) is 46.6 Å². The Morgan fingerprint density at radius 3 is 2.65 bits per heavy atom. The lowest BCUT2D eigenvalue weighted by Gasteiger charge is -2.40. The van der Waals surface area contributed by atoms with Gasteiger partial charge in [0.25, 0.3) is 0 Å². The SMILES string of the molecule is CCCCN(C)C(=O)OC1CCc2cc([C@H]3CC[C@]4(COC(C)(C)N4C(=O)OC(C)(C)C)C3)ccc2C1. The van der Waals surface area contributed by atoms with Crippen LogP contribution in [0.15, 0.2) is 18.2 Å². The second-order valence-electron chi connectivity index (χ2n) is 12.8. The molecule has 37 heavy (non-hydrogen) atoms. The van der Waals surface area contributed by atoms with E-state index < -0.39 is 11.3 Å². The zero-order chi connectivity index (χ0) is 27.0. The molecule has 0 aromatic heterocycles. The number of carbonyl (C=O) groups excluding carboxylic acids is 2. The molecule has 1 aliphatic heterocycles. The number of hydrogen-bond acceptors (Lipinski definition) is 5. The molecule has 0 bridgehead atoms. The zero-order valence-corrected chi connectivity index (χ0v) is 23.9. The second-order valence-corrected chi connectivity index (χ2v) is 12.8. The average molecular weight is 515 g/mol. The molecule has 1 aromatic rings. The number of carbonyl (C=O) groups is 2. The molecule has 3 aliphatic rings. The number of amides is 2. The van der Waals surface area contributed by atoms with E-state index in [1.165, 1.54) is 16.7 Å². The number of rotatable bonds is 5. The summed E-state index contributed by atoms with van der Waals surface area (Å²) in [6.45, 7) is 13.0. The number of fused-ring (bicyclic) bond motifs is 1. The van der Waals surface area contributed by atoms with Crippen molar-refractivity contribution in [3.8, 4) is 0 Å². The van der Waals surface area contributed by atoms with Crippen molar-refractivity contribution in [1.29, 1.82) is 0 Å². The number of aryl methyl sites for hydroxylation is 1. The first-order chi connectivity index (χ1) is 17.3. The smallest absolute Gasteiger partial charge is 0.413 e. The van der Waals surface area contributed by atoms with Crippen molar-refractivity contribution >= 4 is 12.2 Å². The Labute approximate surface area is 222 Å². The maximum atomic E-state index is 13.3. The number of unbranched alkanes of at least 4 members (excludes halogenated alkanes) is 1. The van der Waals surface area contributed by atoms with Gasteiger partial charge in [-0.25, -0.2) is 9.59 Å². The summed E-state index contributed by atoms with van der Waals surface area (Å²) in [5, 5.41) is 0. The minimum atomic E-state index is -0.690. The standard InChI is InChI=1S/C30H46N2O5/c1-8-9-16-31(7)26(33)36-25-13-12-21-17-22(10-11-23(21)18-25)24-14-15-30(19-24)20-35-29(5,6)32(30)27(34)37-28(2,3)4/h10-11,17,24-25H,8-9,12-16,18-20H2,1-7H3/t24-,25?,30+/m0/s1. The molecule has 4 rings (SSSR count). The highest BCUT2D eigenvalue weighted by molar-refractivity contribution is 5.71. The largest absolute Gasteiger partial charge is 0.446 e. The number of hydrogen-bond donors (Lipinski definition) is 0. The van der Waals surface area contributed by atoms with Gasteiger partial charge >= 0.3 is 12.2 Å². The monoisotopic (exact) mass is 514 g/mol. The van der Waals surface area contributed by atoms with Gasteiger partial charge in [-0.3, -0.25) is 4.90 Å². The van der Waals surface area contributed by atoms with Crippen LogP contribution in [0.4, 0.5) is 9.59 Å². The van der Waals surface area contributed by atoms with Crippen LogP contribution < -0.4 is 0 Å². The molecular formula is C30H46N2O5. The summed E-state index contributed by atoms with van der Waals surface area (Å²) in [6.07, 6.45) is 6.81. The van der Waals surface area contributed by atoms with Crippen molar-refractivity contribution in [2.45, 2.75) is 122 Å². The van der Waals surface area contributed by atoms with Gasteiger partial charge in [0.15, 0.2) is 0 Å². The first-order valence-corrected chi connectivity index (χ1v) is 14.0. The molecular weight excluding hydrogens is 468 g/mol. The molecule has 0 N–H and O–H groups in total. The molecule has 206 valence electrons. The first-order valence-electron chi connectivity index (χ1n) is 14.0. The summed E-state index contributed by atoms with van der Waals surface area (Å²) >= 11 is 0. The third kappa shape index (κ3) is 6.08. The minimum absolute atomic E-state index is 0.0649. The van der Waals surface area contributed by atoms with Crippen molar-refractivity contribution < 1.29 is 23.8 Å². The molecule has 7 nitrogen and oxygen atoms in total. The third-order valence-corrected chi connectivity index (χ3v) is 8.18. The molecule has 1 spiro atoms. The topological polar surface area (TPSA) is 68.3 Å². The Bertz CT molecular complexity index is 1000. The third-order valence-electron chi connectivity index (χ3n) is 8.18. The van der Waals surface area contributed by atoms with E-state index in [9.17, 15) is 9.59 Å². The van der Waals surface area contributed by atoms with Gasteiger partial charge in [0, 0.05) is 20.0 Å². The van der Waals surface area contributed by atoms with Gasteiger partial charge < -0.3 is 19.1 Å². The van der Waals surface area contributed by atoms with Crippen LogP contribution in [-0.2, 0) is 27.1 Å². The van der Waals surface area contributed by atoms with E-state index >= 15 is 0 Å². The molecule has 2 amide bonds. The van der Waals surface area contributed by atoms with Gasteiger partial charge in [-0.15, -0.1) is 0 Å². The molecule has 1 saturated carbocycles. The summed E-state index contributed by atoms with van der Waals surface area (Å²) in [5.74, 6) is 0.371. The summed E-state index contributed by atoms with van der Waals surface area (Å²) in [6, 6.07) is 6.80. The molecule has 1 heterocycles. The van der Waals surface area contributed by atoms with E-state index in [2.05, 4.69) is 25.1 Å². The van der Waals surface area contributed by atoms with E-state index in [-0.39, 0.29) is 23.8 Å². The summed E-state index contributed by atoms with van der Waals surface area (Å²) in [5.41, 5.74) is 2.39. The maximum absolute atomic E-state index is 13.3. The van der Waals surface area contributed by atoms with Crippen molar-refractivity contribution in [3.05, 3.63) is 34.9 Å². The van der Waals surface area contributed by atoms with E-state index in [0.717, 1.165) is 57.9 Å². The molecule has 3 atom stereocenters. The summed E-state index contributed by atoms with van der Waals surface area (Å²) in [7, 11) is 1.82. The Kier molecular flexibility index (Phi) is 7.85. The highest BCUT2D eigenvalue weighted by atomic mass is 16.6. The lowest BCUT2D eigenvalue weighted by atomic mass is 9.85. The van der Waals surface area contributed by atoms with Gasteiger partial charge in [-0.2, -0.15) is 0 Å². The normalized spacial score (nSPS) is 26.7. The van der Waals surface area contributed by atoms with Crippen LogP contribution in [0.2, 0.25) is 0 Å². The Balaban J connectivity index is 1.42. The quantitative estimate of drug-likeness (QED) is 0.453. The van der Waals surface area contributed by atoms with E-state index in [4.69, 9.17) is 14.2 Å². The van der Waals surface area contributed by atoms with Crippen LogP contribution in [-0.4, -0.2) is 65.2 Å². The minimum Gasteiger partial charge on any atom is -0.446 e. The number of benzene rings is 1. The van der Waals surface area contributed by atoms with Gasteiger partial charge in [-0.05, 0) is 95.8 Å². The van der Waals surface area contributed by atoms with E-state index in [0.29, 0.717) is 12.5 Å². The summed E-state index contributed by atoms with van der Waals surface area (Å²) < 4.78 is 17.8. The van der Waals surface area contributed by atoms with Crippen LogP contribution >= 0.6 is 0 Å². The fourth-order valence-corrected chi connectivity index (χ4v) is 6.27. The Morgan fingerprint density at radius 1 is 1.19 bits per heavy atom. The highest BCUT2D eigenvalue weighted by Crippen LogP contribution is 2.51. The molecule has 1 saturated heterocycles. The predicted octanol–water partition coefficient (Wildman–Crippen LogP) is 6.42. The van der Waals surface area contributed by atoms with Gasteiger partial charge in [0.1, 0.15) is 17.4 Å². The molecule has 2 fully saturated rings. The highest BCUT2D eigenvalue weighted by Gasteiger charge is 2.58. The van der Waals surface area contributed by atoms with Crippen LogP contribution in [0.25, 0.3) is 0 Å². The van der Waals surface area contributed by atoms with Crippen LogP contribution in [0.1, 0.15) is 103 Å². The van der Waals surface area contributed by atoms with Crippen molar-refractivity contribution in [2.24, 2.45) is 0 Å². The first kappa shape index (κ1) is 27.7. The van der Waals surface area contributed by atoms with Crippen LogP contribution in [0.3, 0.4) is 0 Å². The molecule has 7 heteroatoms. The van der Waals surface area contributed by atoms with Crippen molar-refractivity contribution in [3.63, 3.8) is 0 Å². The zero-order valence-electron chi connectivity index (χ0n) is 23.9. The average Bonchev–Trinajstić information content (AvgIpc) is 3.35. The lowest BCUT2D eigenvalue weighted by molar-refractivity contribution is -0.0688. The maximum Gasteiger partial charge on any atom is 0.413 e. The molecule has 1 unspecified atom stereocenters. The van der Waals surface area contributed by atoms with Crippen molar-refractivity contribution in [2.75, 3.05) is 20.2 Å². The number of nitrogens with zero attached hydrogens (tertiary/aromatic N) is 2. The Morgan fingerprint density at radius 2 is 1.95 bits per heavy atom. The van der Waals surface area contributed by atoms with Crippen LogP contribution in [0, 0.1) is 0 Å². The van der Waals surface area contributed by atoms with Crippen LogP contribution in [0.5, 0.6) is 0 Å². The molecule has 0 radical (unpaired) electrons. The van der Waals surface area contributed by atoms with Gasteiger partial charge in [0.05, 0.1) is 12.1 Å². The number of ether oxygens (including phenoxy) is 3. The predicted molar refractivity (Wildman–Crippen MR) is 144 cm³/mol.